The second kappa shape index (κ2) is 49.1. The van der Waals surface area contributed by atoms with E-state index in [1.807, 2.05) is 55.4 Å². The van der Waals surface area contributed by atoms with Crippen LogP contribution >= 0.6 is 0 Å². The Labute approximate surface area is 213 Å². The topological polar surface area (TPSA) is 33.3 Å². The van der Waals surface area contributed by atoms with E-state index in [0.717, 1.165) is 13.2 Å². The summed E-state index contributed by atoms with van der Waals surface area (Å²) in [4.78, 5) is 0. The van der Waals surface area contributed by atoms with Crippen LogP contribution in [0.2, 0.25) is 0 Å². The van der Waals surface area contributed by atoms with Crippen molar-refractivity contribution in [3.8, 4) is 0 Å². The van der Waals surface area contributed by atoms with Crippen molar-refractivity contribution in [2.75, 3.05) is 39.4 Å². The van der Waals surface area contributed by atoms with E-state index < -0.39 is 0 Å². The van der Waals surface area contributed by atoms with Gasteiger partial charge < -0.3 is 15.4 Å². The summed E-state index contributed by atoms with van der Waals surface area (Å²) in [6.45, 7) is 23.0. The van der Waals surface area contributed by atoms with Crippen molar-refractivity contribution >= 4 is 0 Å². The van der Waals surface area contributed by atoms with Gasteiger partial charge in [0.05, 0.1) is 0 Å². The zero-order valence-electron chi connectivity index (χ0n) is 25.0. The number of ether oxygens (including phenoxy) is 1. The van der Waals surface area contributed by atoms with E-state index >= 15 is 0 Å². The Balaban J connectivity index is -0.000000154. The first-order chi connectivity index (χ1) is 16.5. The van der Waals surface area contributed by atoms with Gasteiger partial charge in [0.15, 0.2) is 0 Å². The van der Waals surface area contributed by atoms with Crippen LogP contribution in [0.15, 0.2) is 0 Å². The number of piperidine rings is 1. The molecule has 0 atom stereocenters. The van der Waals surface area contributed by atoms with Gasteiger partial charge in [-0.1, -0.05) is 113 Å². The SMILES string of the molecule is C1CCCCC1.C1CCCNCC1.C1CCNCC1.C1CCOCC1.CC.CC.CC.CC. The Kier molecular flexibility index (Phi) is 59.6. The van der Waals surface area contributed by atoms with Gasteiger partial charge in [0, 0.05) is 13.2 Å². The maximum absolute atomic E-state index is 5.07. The standard InChI is InChI=1S/C6H13N.C6H12.C5H11N.C5H10O.4C2H6/c1-2-4-6-7-5-3-1;3*1-2-4-6-5-3-1;4*1-2/h7H,1-6H2;1-6H2;6H,1-5H2;1-5H2;4*1-2H3. The average molecular weight is 475 g/mol. The van der Waals surface area contributed by atoms with Crippen LogP contribution in [0.3, 0.4) is 0 Å². The molecule has 0 aromatic rings. The number of nitrogens with one attached hydrogen (secondary N) is 2. The van der Waals surface area contributed by atoms with Crippen molar-refractivity contribution in [2.45, 2.75) is 158 Å². The highest BCUT2D eigenvalue weighted by atomic mass is 16.5. The molecule has 0 amide bonds. The quantitative estimate of drug-likeness (QED) is 0.366. The van der Waals surface area contributed by atoms with E-state index in [2.05, 4.69) is 10.6 Å². The van der Waals surface area contributed by atoms with Crippen LogP contribution in [0.5, 0.6) is 0 Å². The van der Waals surface area contributed by atoms with Gasteiger partial charge in [-0.3, -0.25) is 0 Å². The van der Waals surface area contributed by atoms with Gasteiger partial charge in [0.2, 0.25) is 0 Å². The predicted octanol–water partition coefficient (Wildman–Crippen LogP) is 9.54. The van der Waals surface area contributed by atoms with E-state index in [1.54, 1.807) is 0 Å². The Morgan fingerprint density at radius 1 is 0.303 bits per heavy atom. The van der Waals surface area contributed by atoms with E-state index in [9.17, 15) is 0 Å². The lowest BCUT2D eigenvalue weighted by Crippen LogP contribution is -2.21. The minimum absolute atomic E-state index is 1.00. The van der Waals surface area contributed by atoms with Crippen LogP contribution in [-0.2, 0) is 4.74 Å². The lowest BCUT2D eigenvalue weighted by Gasteiger charge is -2.08. The highest BCUT2D eigenvalue weighted by Crippen LogP contribution is 2.15. The minimum atomic E-state index is 1.00. The van der Waals surface area contributed by atoms with Crippen molar-refractivity contribution in [1.82, 2.24) is 10.6 Å². The number of hydrogen-bond acceptors (Lipinski definition) is 3. The molecule has 2 N–H and O–H groups in total. The second-order valence-corrected chi connectivity index (χ2v) is 7.77. The fourth-order valence-electron chi connectivity index (χ4n) is 3.53. The molecule has 0 radical (unpaired) electrons. The lowest BCUT2D eigenvalue weighted by molar-refractivity contribution is 0.0968. The summed E-state index contributed by atoms with van der Waals surface area (Å²) in [5.74, 6) is 0. The Morgan fingerprint density at radius 3 is 0.697 bits per heavy atom. The molecule has 4 fully saturated rings. The molecule has 1 saturated carbocycles. The highest BCUT2D eigenvalue weighted by molar-refractivity contribution is 4.55. The molecule has 1 aliphatic carbocycles. The zero-order valence-corrected chi connectivity index (χ0v) is 25.0. The molecule has 3 heteroatoms. The number of hydrogen-bond donors (Lipinski definition) is 2. The van der Waals surface area contributed by atoms with Gasteiger partial charge in [-0.15, -0.1) is 0 Å². The van der Waals surface area contributed by atoms with Crippen LogP contribution in [0.25, 0.3) is 0 Å². The number of rotatable bonds is 0. The van der Waals surface area contributed by atoms with Crippen LogP contribution in [-0.4, -0.2) is 39.4 Å². The molecule has 0 aromatic heterocycles. The Hall–Kier alpha value is -0.120. The fraction of sp³-hybridized carbons (Fsp3) is 1.00. The first-order valence-electron chi connectivity index (χ1n) is 15.5. The molecule has 33 heavy (non-hydrogen) atoms. The summed E-state index contributed by atoms with van der Waals surface area (Å²) in [6, 6.07) is 0. The van der Waals surface area contributed by atoms with Gasteiger partial charge in [-0.25, -0.2) is 0 Å². The molecule has 4 rings (SSSR count). The smallest absolute Gasteiger partial charge is 0.0466 e. The van der Waals surface area contributed by atoms with E-state index in [-0.39, 0.29) is 0 Å². The van der Waals surface area contributed by atoms with Crippen LogP contribution in [0.1, 0.15) is 158 Å². The third kappa shape index (κ3) is 46.0. The third-order valence-corrected chi connectivity index (χ3v) is 5.24. The molecule has 0 bridgehead atoms. The van der Waals surface area contributed by atoms with Crippen LogP contribution in [0.4, 0.5) is 0 Å². The average Bonchev–Trinajstić information content (AvgIpc) is 3.31. The second-order valence-electron chi connectivity index (χ2n) is 7.77. The van der Waals surface area contributed by atoms with E-state index in [1.165, 1.54) is 129 Å². The summed E-state index contributed by atoms with van der Waals surface area (Å²) < 4.78 is 5.07. The van der Waals surface area contributed by atoms with E-state index in [4.69, 9.17) is 4.74 Å². The monoisotopic (exact) mass is 475 g/mol. The van der Waals surface area contributed by atoms with Crippen molar-refractivity contribution < 1.29 is 4.74 Å². The maximum Gasteiger partial charge on any atom is 0.0466 e. The van der Waals surface area contributed by atoms with E-state index in [0.29, 0.717) is 0 Å². The predicted molar refractivity (Wildman–Crippen MR) is 156 cm³/mol. The summed E-state index contributed by atoms with van der Waals surface area (Å²) in [7, 11) is 0. The molecule has 3 aliphatic heterocycles. The summed E-state index contributed by atoms with van der Waals surface area (Å²) in [6.07, 6.45) is 22.8. The molecule has 3 saturated heterocycles. The molecule has 0 spiro atoms. The third-order valence-electron chi connectivity index (χ3n) is 5.24. The Morgan fingerprint density at radius 2 is 0.515 bits per heavy atom. The molecule has 0 unspecified atom stereocenters. The molecule has 206 valence electrons. The first kappa shape index (κ1) is 40.1. The zero-order chi connectivity index (χ0) is 25.7. The largest absolute Gasteiger partial charge is 0.381 e. The summed E-state index contributed by atoms with van der Waals surface area (Å²) in [5.41, 5.74) is 0. The Bertz CT molecular complexity index is 155. The molecular weight excluding hydrogens is 404 g/mol. The van der Waals surface area contributed by atoms with Crippen LogP contribution < -0.4 is 10.6 Å². The molecule has 4 aliphatic rings. The minimum Gasteiger partial charge on any atom is -0.381 e. The van der Waals surface area contributed by atoms with Crippen molar-refractivity contribution in [3.63, 3.8) is 0 Å². The van der Waals surface area contributed by atoms with Gasteiger partial charge in [-0.05, 0) is 71.1 Å². The maximum atomic E-state index is 5.07. The van der Waals surface area contributed by atoms with Crippen LogP contribution in [0, 0.1) is 0 Å². The summed E-state index contributed by atoms with van der Waals surface area (Å²) >= 11 is 0. The van der Waals surface area contributed by atoms with Crippen molar-refractivity contribution in [2.24, 2.45) is 0 Å². The van der Waals surface area contributed by atoms with Gasteiger partial charge >= 0.3 is 0 Å². The lowest BCUT2D eigenvalue weighted by atomic mass is 10.0. The van der Waals surface area contributed by atoms with Crippen molar-refractivity contribution in [1.29, 1.82) is 0 Å². The summed E-state index contributed by atoms with van der Waals surface area (Å²) in [5, 5.41) is 6.63. The molecular formula is C30H70N2O. The van der Waals surface area contributed by atoms with Gasteiger partial charge in [0.1, 0.15) is 0 Å². The highest BCUT2D eigenvalue weighted by Gasteiger charge is 1.96. The fourth-order valence-corrected chi connectivity index (χ4v) is 3.53. The van der Waals surface area contributed by atoms with Gasteiger partial charge in [-0.2, -0.15) is 0 Å². The first-order valence-corrected chi connectivity index (χ1v) is 15.5. The van der Waals surface area contributed by atoms with Crippen molar-refractivity contribution in [3.05, 3.63) is 0 Å². The molecule has 0 aromatic carbocycles. The van der Waals surface area contributed by atoms with Gasteiger partial charge in [0.25, 0.3) is 0 Å². The molecule has 3 heterocycles. The molecule has 3 nitrogen and oxygen atoms in total. The normalized spacial score (nSPS) is 18.9.